The first kappa shape index (κ1) is 24.4. The Bertz CT molecular complexity index is 1860. The van der Waals surface area contributed by atoms with E-state index in [1.807, 2.05) is 61.6 Å². The molecule has 39 heavy (non-hydrogen) atoms. The molecule has 1 N–H and O–H groups in total. The molecule has 0 bridgehead atoms. The predicted octanol–water partition coefficient (Wildman–Crippen LogP) is 7.55. The number of fused-ring (bicyclic) bond motifs is 2. The molecule has 2 heterocycles. The van der Waals surface area contributed by atoms with E-state index in [4.69, 9.17) is 4.42 Å². The molecule has 0 aliphatic rings. The van der Waals surface area contributed by atoms with Crippen molar-refractivity contribution < 1.29 is 13.6 Å². The zero-order chi connectivity index (χ0) is 27.1. The molecule has 5 nitrogen and oxygen atoms in total. The number of carbonyl (C=O) groups excluding carboxylic acids is 1. The summed E-state index contributed by atoms with van der Waals surface area (Å²) in [4.78, 5) is 19.8. The Morgan fingerprint density at radius 1 is 0.846 bits per heavy atom. The molecule has 6 heteroatoms. The van der Waals surface area contributed by atoms with Crippen LogP contribution in [-0.4, -0.2) is 32.0 Å². The lowest BCUT2D eigenvalue weighted by molar-refractivity contribution is 0.0964. The van der Waals surface area contributed by atoms with E-state index in [9.17, 15) is 9.18 Å². The quantitative estimate of drug-likeness (QED) is 0.258. The molecule has 0 aliphatic carbocycles. The highest BCUT2D eigenvalue weighted by Crippen LogP contribution is 2.41. The lowest BCUT2D eigenvalue weighted by atomic mass is 9.95. The number of pyridine rings is 1. The number of para-hydroxylation sites is 1. The number of amides is 1. The second-order valence-corrected chi connectivity index (χ2v) is 9.65. The molecule has 0 aliphatic heterocycles. The summed E-state index contributed by atoms with van der Waals surface area (Å²) < 4.78 is 19.9. The first-order valence-corrected chi connectivity index (χ1v) is 12.6. The van der Waals surface area contributed by atoms with E-state index in [1.54, 1.807) is 19.2 Å². The van der Waals surface area contributed by atoms with Gasteiger partial charge < -0.3 is 14.6 Å². The highest BCUT2D eigenvalue weighted by Gasteiger charge is 2.24. The normalized spacial score (nSPS) is 11.2. The standard InChI is InChI=1S/C33H26FN3O2/c1-35-33(38)31-27-17-26(29(37(2)3)18-30(27)39-32(31)20-11-13-25(34)14-12-20)22-9-6-8-21(15-22)24-16-23-7-4-5-10-28(23)36-19-24/h4-19H,1-3H3,(H,35,38). The number of hydrogen-bond donors (Lipinski definition) is 1. The van der Waals surface area contributed by atoms with Crippen molar-refractivity contribution in [2.45, 2.75) is 0 Å². The second kappa shape index (κ2) is 9.72. The number of halogens is 1. The van der Waals surface area contributed by atoms with Crippen LogP contribution >= 0.6 is 0 Å². The highest BCUT2D eigenvalue weighted by molar-refractivity contribution is 6.13. The summed E-state index contributed by atoms with van der Waals surface area (Å²) in [6, 6.07) is 28.4. The number of benzene rings is 4. The lowest BCUT2D eigenvalue weighted by Gasteiger charge is -2.18. The van der Waals surface area contributed by atoms with E-state index in [-0.39, 0.29) is 11.7 Å². The lowest BCUT2D eigenvalue weighted by Crippen LogP contribution is -2.18. The third kappa shape index (κ3) is 4.40. The third-order valence-electron chi connectivity index (χ3n) is 6.95. The van der Waals surface area contributed by atoms with Gasteiger partial charge >= 0.3 is 0 Å². The summed E-state index contributed by atoms with van der Waals surface area (Å²) in [5.74, 6) is -0.218. The first-order chi connectivity index (χ1) is 18.9. The van der Waals surface area contributed by atoms with Gasteiger partial charge in [0, 0.05) is 66.6 Å². The maximum atomic E-state index is 13.6. The van der Waals surface area contributed by atoms with Gasteiger partial charge in [0.25, 0.3) is 5.91 Å². The van der Waals surface area contributed by atoms with Crippen molar-refractivity contribution in [1.29, 1.82) is 0 Å². The number of furan rings is 1. The average Bonchev–Trinajstić information content (AvgIpc) is 3.34. The third-order valence-corrected chi connectivity index (χ3v) is 6.95. The molecule has 0 spiro atoms. The number of anilines is 1. The zero-order valence-corrected chi connectivity index (χ0v) is 21.8. The Labute approximate surface area is 225 Å². The van der Waals surface area contributed by atoms with E-state index in [0.717, 1.165) is 38.8 Å². The van der Waals surface area contributed by atoms with Crippen molar-refractivity contribution in [3.05, 3.63) is 109 Å². The number of aromatic nitrogens is 1. The molecule has 4 aromatic carbocycles. The van der Waals surface area contributed by atoms with Crippen molar-refractivity contribution >= 4 is 33.5 Å². The molecule has 6 aromatic rings. The van der Waals surface area contributed by atoms with Crippen molar-refractivity contribution in [3.63, 3.8) is 0 Å². The van der Waals surface area contributed by atoms with Gasteiger partial charge in [0.05, 0.1) is 11.1 Å². The maximum Gasteiger partial charge on any atom is 0.255 e. The minimum atomic E-state index is -0.352. The van der Waals surface area contributed by atoms with Gasteiger partial charge in [-0.05, 0) is 59.7 Å². The highest BCUT2D eigenvalue weighted by atomic mass is 19.1. The van der Waals surface area contributed by atoms with Gasteiger partial charge in [-0.2, -0.15) is 0 Å². The van der Waals surface area contributed by atoms with Crippen LogP contribution in [0.3, 0.4) is 0 Å². The average molecular weight is 516 g/mol. The van der Waals surface area contributed by atoms with Crippen molar-refractivity contribution in [1.82, 2.24) is 10.3 Å². The molecule has 0 fully saturated rings. The summed E-state index contributed by atoms with van der Waals surface area (Å²) >= 11 is 0. The van der Waals surface area contributed by atoms with Gasteiger partial charge in [-0.1, -0.05) is 36.4 Å². The number of nitrogens with zero attached hydrogens (tertiary/aromatic N) is 2. The van der Waals surface area contributed by atoms with E-state index in [1.165, 1.54) is 12.1 Å². The van der Waals surface area contributed by atoms with Gasteiger partial charge in [-0.15, -0.1) is 0 Å². The van der Waals surface area contributed by atoms with Crippen LogP contribution in [0.4, 0.5) is 10.1 Å². The van der Waals surface area contributed by atoms with Crippen LogP contribution in [0.1, 0.15) is 10.4 Å². The summed E-state index contributed by atoms with van der Waals surface area (Å²) in [5.41, 5.74) is 7.55. The fourth-order valence-electron chi connectivity index (χ4n) is 4.98. The first-order valence-electron chi connectivity index (χ1n) is 12.6. The van der Waals surface area contributed by atoms with E-state index < -0.39 is 0 Å². The Balaban J connectivity index is 1.55. The molecule has 1 amide bonds. The number of rotatable bonds is 5. The van der Waals surface area contributed by atoms with Crippen molar-refractivity contribution in [2.75, 3.05) is 26.0 Å². The van der Waals surface area contributed by atoms with Crippen molar-refractivity contribution in [3.8, 4) is 33.6 Å². The topological polar surface area (TPSA) is 58.4 Å². The Morgan fingerprint density at radius 2 is 1.62 bits per heavy atom. The van der Waals surface area contributed by atoms with Crippen LogP contribution in [0, 0.1) is 5.82 Å². The monoisotopic (exact) mass is 515 g/mol. The second-order valence-electron chi connectivity index (χ2n) is 9.65. The molecular formula is C33H26FN3O2. The van der Waals surface area contributed by atoms with Crippen LogP contribution in [-0.2, 0) is 0 Å². The Kier molecular flexibility index (Phi) is 6.08. The molecule has 0 saturated carbocycles. The summed E-state index contributed by atoms with van der Waals surface area (Å²) in [6.45, 7) is 0. The fourth-order valence-corrected chi connectivity index (χ4v) is 4.98. The van der Waals surface area contributed by atoms with Gasteiger partial charge in [0.1, 0.15) is 17.2 Å². The largest absolute Gasteiger partial charge is 0.455 e. The van der Waals surface area contributed by atoms with E-state index >= 15 is 0 Å². The van der Waals surface area contributed by atoms with E-state index in [0.29, 0.717) is 27.9 Å². The molecule has 0 radical (unpaired) electrons. The van der Waals surface area contributed by atoms with Gasteiger partial charge in [0.2, 0.25) is 0 Å². The number of nitrogens with one attached hydrogen (secondary N) is 1. The smallest absolute Gasteiger partial charge is 0.255 e. The van der Waals surface area contributed by atoms with Crippen LogP contribution in [0.25, 0.3) is 55.4 Å². The van der Waals surface area contributed by atoms with Gasteiger partial charge in [-0.25, -0.2) is 4.39 Å². The van der Waals surface area contributed by atoms with Crippen LogP contribution in [0.15, 0.2) is 102 Å². The fraction of sp³-hybridized carbons (Fsp3) is 0.0909. The number of hydrogen-bond acceptors (Lipinski definition) is 4. The van der Waals surface area contributed by atoms with Crippen LogP contribution in [0.5, 0.6) is 0 Å². The maximum absolute atomic E-state index is 13.6. The van der Waals surface area contributed by atoms with Gasteiger partial charge in [0.15, 0.2) is 0 Å². The SMILES string of the molecule is CNC(=O)c1c(-c2ccc(F)cc2)oc2cc(N(C)C)c(-c3cccc(-c4cnc5ccccc5c4)c3)cc12. The molecule has 0 saturated heterocycles. The zero-order valence-electron chi connectivity index (χ0n) is 21.8. The molecule has 6 rings (SSSR count). The number of carbonyl (C=O) groups is 1. The molecule has 192 valence electrons. The predicted molar refractivity (Wildman–Crippen MR) is 155 cm³/mol. The Morgan fingerprint density at radius 3 is 2.38 bits per heavy atom. The molecule has 0 unspecified atom stereocenters. The summed E-state index contributed by atoms with van der Waals surface area (Å²) in [5, 5.41) is 4.50. The Hall–Kier alpha value is -4.97. The molecular weight excluding hydrogens is 489 g/mol. The van der Waals surface area contributed by atoms with Crippen LogP contribution in [0.2, 0.25) is 0 Å². The van der Waals surface area contributed by atoms with Gasteiger partial charge in [-0.3, -0.25) is 9.78 Å². The minimum Gasteiger partial charge on any atom is -0.455 e. The summed E-state index contributed by atoms with van der Waals surface area (Å²) in [6.07, 6.45) is 1.90. The van der Waals surface area contributed by atoms with E-state index in [2.05, 4.69) is 40.6 Å². The summed E-state index contributed by atoms with van der Waals surface area (Å²) in [7, 11) is 5.54. The van der Waals surface area contributed by atoms with Crippen molar-refractivity contribution in [2.24, 2.45) is 0 Å². The molecule has 0 atom stereocenters. The minimum absolute atomic E-state index is 0.271. The van der Waals surface area contributed by atoms with Crippen LogP contribution < -0.4 is 10.2 Å². The molecule has 2 aromatic heterocycles.